The molecule has 0 unspecified atom stereocenters. The SMILES string of the molecule is CCCCCCCCCCCCCCCCCCC[C@@H](OC(=O)CCCCCCCCC)[C@H](C)OC(=O)CCCCCCCCC. The number of carbonyl (C=O) groups is 2. The lowest BCUT2D eigenvalue weighted by molar-refractivity contribution is -0.167. The Labute approximate surface area is 288 Å². The van der Waals surface area contributed by atoms with Crippen molar-refractivity contribution in [3.8, 4) is 0 Å². The van der Waals surface area contributed by atoms with Gasteiger partial charge >= 0.3 is 11.9 Å². The third-order valence-corrected chi connectivity index (χ3v) is 9.68. The van der Waals surface area contributed by atoms with Gasteiger partial charge in [-0.15, -0.1) is 0 Å². The highest BCUT2D eigenvalue weighted by Crippen LogP contribution is 2.19. The van der Waals surface area contributed by atoms with Crippen LogP contribution in [0.25, 0.3) is 0 Å². The van der Waals surface area contributed by atoms with Crippen LogP contribution < -0.4 is 0 Å². The predicted octanol–water partition coefficient (Wildman–Crippen LogP) is 14.2. The maximum atomic E-state index is 12.7. The summed E-state index contributed by atoms with van der Waals surface area (Å²) in [4.78, 5) is 25.3. The molecule has 0 amide bonds. The third kappa shape index (κ3) is 32.9. The standard InChI is InChI=1S/C42H82O4/c1-5-8-11-14-17-18-19-20-21-22-23-24-25-26-29-30-33-36-40(46-42(44)38-35-32-28-16-13-10-7-3)39(4)45-41(43)37-34-31-27-15-12-9-6-2/h39-40H,5-38H2,1-4H3/t39-,40+/m0/s1. The minimum Gasteiger partial charge on any atom is -0.459 e. The maximum absolute atomic E-state index is 12.7. The Bertz CT molecular complexity index is 633. The Morgan fingerprint density at radius 2 is 0.630 bits per heavy atom. The number of rotatable bonds is 37. The number of ether oxygens (including phenoxy) is 2. The van der Waals surface area contributed by atoms with E-state index in [-0.39, 0.29) is 24.1 Å². The van der Waals surface area contributed by atoms with Crippen LogP contribution in [0.1, 0.15) is 246 Å². The van der Waals surface area contributed by atoms with E-state index in [1.165, 1.54) is 161 Å². The van der Waals surface area contributed by atoms with Gasteiger partial charge in [-0.2, -0.15) is 0 Å². The van der Waals surface area contributed by atoms with Crippen LogP contribution in [0, 0.1) is 0 Å². The highest BCUT2D eigenvalue weighted by atomic mass is 16.6. The van der Waals surface area contributed by atoms with Crippen molar-refractivity contribution in [3.63, 3.8) is 0 Å². The zero-order valence-corrected chi connectivity index (χ0v) is 31.8. The summed E-state index contributed by atoms with van der Waals surface area (Å²) in [6, 6.07) is 0. The monoisotopic (exact) mass is 651 g/mol. The summed E-state index contributed by atoms with van der Waals surface area (Å²) in [6.45, 7) is 8.68. The van der Waals surface area contributed by atoms with Crippen LogP contribution in [0.4, 0.5) is 0 Å². The highest BCUT2D eigenvalue weighted by molar-refractivity contribution is 5.70. The summed E-state index contributed by atoms with van der Waals surface area (Å²) < 4.78 is 11.8. The van der Waals surface area contributed by atoms with E-state index in [4.69, 9.17) is 9.47 Å². The number of esters is 2. The maximum Gasteiger partial charge on any atom is 0.306 e. The zero-order valence-electron chi connectivity index (χ0n) is 31.8. The van der Waals surface area contributed by atoms with E-state index < -0.39 is 0 Å². The van der Waals surface area contributed by atoms with Gasteiger partial charge in [0.1, 0.15) is 12.2 Å². The Hall–Kier alpha value is -1.06. The fourth-order valence-electron chi connectivity index (χ4n) is 6.48. The van der Waals surface area contributed by atoms with Crippen LogP contribution in [0.3, 0.4) is 0 Å². The second kappa shape index (κ2) is 36.8. The molecule has 0 saturated heterocycles. The molecule has 0 bridgehead atoms. The molecule has 0 aliphatic rings. The molecule has 0 N–H and O–H groups in total. The van der Waals surface area contributed by atoms with Gasteiger partial charge < -0.3 is 9.47 Å². The molecule has 0 aliphatic carbocycles. The van der Waals surface area contributed by atoms with Crippen LogP contribution in [0.5, 0.6) is 0 Å². The van der Waals surface area contributed by atoms with Gasteiger partial charge in [-0.05, 0) is 32.6 Å². The molecule has 0 aliphatic heterocycles. The Morgan fingerprint density at radius 3 is 0.957 bits per heavy atom. The minimum atomic E-state index is -0.379. The molecule has 0 radical (unpaired) electrons. The normalized spacial score (nSPS) is 12.7. The molecule has 46 heavy (non-hydrogen) atoms. The lowest BCUT2D eigenvalue weighted by Crippen LogP contribution is -2.33. The average Bonchev–Trinajstić information content (AvgIpc) is 3.04. The quantitative estimate of drug-likeness (QED) is 0.0496. The minimum absolute atomic E-state index is 0.125. The van der Waals surface area contributed by atoms with Crippen LogP contribution >= 0.6 is 0 Å². The van der Waals surface area contributed by atoms with Gasteiger partial charge in [-0.3, -0.25) is 9.59 Å². The summed E-state index contributed by atoms with van der Waals surface area (Å²) in [6.07, 6.45) is 40.5. The van der Waals surface area contributed by atoms with Gasteiger partial charge in [-0.25, -0.2) is 0 Å². The molecule has 0 rings (SSSR count). The zero-order chi connectivity index (χ0) is 33.8. The van der Waals surface area contributed by atoms with Crippen molar-refractivity contribution in [1.29, 1.82) is 0 Å². The van der Waals surface area contributed by atoms with Gasteiger partial charge in [0, 0.05) is 12.8 Å². The summed E-state index contributed by atoms with van der Waals surface area (Å²) in [5.74, 6) is -0.267. The van der Waals surface area contributed by atoms with E-state index in [1.807, 2.05) is 6.92 Å². The molecule has 0 heterocycles. The smallest absolute Gasteiger partial charge is 0.306 e. The van der Waals surface area contributed by atoms with Gasteiger partial charge in [0.25, 0.3) is 0 Å². The lowest BCUT2D eigenvalue weighted by atomic mass is 10.0. The fraction of sp³-hybridized carbons (Fsp3) is 0.952. The van der Waals surface area contributed by atoms with Crippen molar-refractivity contribution in [2.24, 2.45) is 0 Å². The van der Waals surface area contributed by atoms with Gasteiger partial charge in [-0.1, -0.05) is 201 Å². The first-order chi connectivity index (χ1) is 22.5. The molecule has 4 heteroatoms. The Balaban J connectivity index is 4.22. The fourth-order valence-corrected chi connectivity index (χ4v) is 6.48. The largest absolute Gasteiger partial charge is 0.459 e. The average molecular weight is 651 g/mol. The van der Waals surface area contributed by atoms with E-state index in [2.05, 4.69) is 20.8 Å². The predicted molar refractivity (Wildman–Crippen MR) is 199 cm³/mol. The summed E-state index contributed by atoms with van der Waals surface area (Å²) >= 11 is 0. The van der Waals surface area contributed by atoms with Gasteiger partial charge in [0.2, 0.25) is 0 Å². The first-order valence-electron chi connectivity index (χ1n) is 20.9. The summed E-state index contributed by atoms with van der Waals surface area (Å²) in [5, 5.41) is 0. The van der Waals surface area contributed by atoms with Crippen LogP contribution in [-0.2, 0) is 19.1 Å². The number of carbonyl (C=O) groups excluding carboxylic acids is 2. The molecular weight excluding hydrogens is 568 g/mol. The molecular formula is C42H82O4. The molecule has 0 aromatic rings. The van der Waals surface area contributed by atoms with Gasteiger partial charge in [0.05, 0.1) is 0 Å². The molecule has 0 saturated carbocycles. The van der Waals surface area contributed by atoms with E-state index in [0.717, 1.165) is 44.9 Å². The number of unbranched alkanes of at least 4 members (excludes halogenated alkanes) is 28. The van der Waals surface area contributed by atoms with Crippen LogP contribution in [-0.4, -0.2) is 24.1 Å². The second-order valence-corrected chi connectivity index (χ2v) is 14.4. The Morgan fingerprint density at radius 1 is 0.370 bits per heavy atom. The van der Waals surface area contributed by atoms with E-state index in [9.17, 15) is 9.59 Å². The first-order valence-corrected chi connectivity index (χ1v) is 20.9. The van der Waals surface area contributed by atoms with E-state index >= 15 is 0 Å². The summed E-state index contributed by atoms with van der Waals surface area (Å²) in [7, 11) is 0. The van der Waals surface area contributed by atoms with E-state index in [0.29, 0.717) is 12.8 Å². The number of hydrogen-bond donors (Lipinski definition) is 0. The van der Waals surface area contributed by atoms with Crippen molar-refractivity contribution in [2.45, 2.75) is 258 Å². The van der Waals surface area contributed by atoms with Crippen molar-refractivity contribution in [3.05, 3.63) is 0 Å². The van der Waals surface area contributed by atoms with Crippen molar-refractivity contribution in [1.82, 2.24) is 0 Å². The molecule has 0 aromatic carbocycles. The molecule has 4 nitrogen and oxygen atoms in total. The van der Waals surface area contributed by atoms with Gasteiger partial charge in [0.15, 0.2) is 0 Å². The topological polar surface area (TPSA) is 52.6 Å². The number of hydrogen-bond acceptors (Lipinski definition) is 4. The van der Waals surface area contributed by atoms with Crippen molar-refractivity contribution in [2.75, 3.05) is 0 Å². The summed E-state index contributed by atoms with van der Waals surface area (Å²) in [5.41, 5.74) is 0. The Kier molecular flexibility index (Phi) is 35.9. The molecule has 2 atom stereocenters. The highest BCUT2D eigenvalue weighted by Gasteiger charge is 2.24. The van der Waals surface area contributed by atoms with Crippen LogP contribution in [0.2, 0.25) is 0 Å². The second-order valence-electron chi connectivity index (χ2n) is 14.4. The lowest BCUT2D eigenvalue weighted by Gasteiger charge is -2.24. The molecule has 0 fully saturated rings. The molecule has 274 valence electrons. The first kappa shape index (κ1) is 44.9. The molecule has 0 spiro atoms. The van der Waals surface area contributed by atoms with E-state index in [1.54, 1.807) is 0 Å². The van der Waals surface area contributed by atoms with Crippen molar-refractivity contribution >= 4 is 11.9 Å². The molecule has 0 aromatic heterocycles. The third-order valence-electron chi connectivity index (χ3n) is 9.68. The van der Waals surface area contributed by atoms with Crippen LogP contribution in [0.15, 0.2) is 0 Å². The van der Waals surface area contributed by atoms with Crippen molar-refractivity contribution < 1.29 is 19.1 Å².